The second kappa shape index (κ2) is 4.54. The van der Waals surface area contributed by atoms with Crippen LogP contribution < -0.4 is 10.5 Å². The van der Waals surface area contributed by atoms with Crippen molar-refractivity contribution in [2.24, 2.45) is 0 Å². The summed E-state index contributed by atoms with van der Waals surface area (Å²) in [5.74, 6) is -3.50. The first-order valence-corrected chi connectivity index (χ1v) is 6.43. The lowest BCUT2D eigenvalue weighted by Crippen LogP contribution is -2.21. The summed E-state index contributed by atoms with van der Waals surface area (Å²) >= 11 is 3.05. The number of halogens is 3. The first kappa shape index (κ1) is 13.2. The third kappa shape index (κ3) is 2.82. The Morgan fingerprint density at radius 2 is 2.00 bits per heavy atom. The molecule has 16 heavy (non-hydrogen) atoms. The molecule has 0 aliphatic heterocycles. The van der Waals surface area contributed by atoms with Crippen molar-refractivity contribution in [2.75, 3.05) is 10.5 Å². The fourth-order valence-corrected chi connectivity index (χ4v) is 2.49. The molecule has 0 aliphatic carbocycles. The van der Waals surface area contributed by atoms with Gasteiger partial charge >= 0.3 is 5.76 Å². The van der Waals surface area contributed by atoms with E-state index in [1.807, 2.05) is 0 Å². The van der Waals surface area contributed by atoms with Gasteiger partial charge in [0.05, 0.1) is 11.4 Å². The van der Waals surface area contributed by atoms with Crippen LogP contribution in [-0.2, 0) is 10.0 Å². The number of hydrogen-bond acceptors (Lipinski definition) is 3. The van der Waals surface area contributed by atoms with Gasteiger partial charge in [-0.05, 0) is 40.5 Å². The number of aryl methyl sites for hydroxylation is 1. The van der Waals surface area contributed by atoms with Gasteiger partial charge in [0.2, 0.25) is 0 Å². The molecule has 0 spiro atoms. The van der Waals surface area contributed by atoms with Crippen LogP contribution in [0.2, 0.25) is 0 Å². The zero-order valence-electron chi connectivity index (χ0n) is 8.17. The van der Waals surface area contributed by atoms with E-state index in [1.165, 1.54) is 6.07 Å². The average molecular weight is 315 g/mol. The van der Waals surface area contributed by atoms with Gasteiger partial charge in [-0.3, -0.25) is 4.72 Å². The lowest BCUT2D eigenvalue weighted by molar-refractivity contribution is 0.236. The Hall–Kier alpha value is -0.890. The number of anilines is 2. The van der Waals surface area contributed by atoms with Crippen LogP contribution in [0, 0.1) is 6.92 Å². The molecule has 90 valence electrons. The van der Waals surface area contributed by atoms with Gasteiger partial charge in [0.15, 0.2) is 0 Å². The van der Waals surface area contributed by atoms with Crippen LogP contribution in [-0.4, -0.2) is 14.2 Å². The normalized spacial score (nSPS) is 11.8. The Morgan fingerprint density at radius 3 is 2.44 bits per heavy atom. The molecule has 1 aromatic carbocycles. The van der Waals surface area contributed by atoms with Crippen LogP contribution in [0.25, 0.3) is 0 Å². The predicted molar refractivity (Wildman–Crippen MR) is 61.8 cm³/mol. The topological polar surface area (TPSA) is 72.2 Å². The van der Waals surface area contributed by atoms with Crippen molar-refractivity contribution in [3.63, 3.8) is 0 Å². The quantitative estimate of drug-likeness (QED) is 0.841. The molecule has 0 bridgehead atoms. The van der Waals surface area contributed by atoms with Crippen LogP contribution in [0.1, 0.15) is 5.56 Å². The van der Waals surface area contributed by atoms with E-state index in [4.69, 9.17) is 5.73 Å². The highest BCUT2D eigenvalue weighted by Crippen LogP contribution is 2.31. The fraction of sp³-hybridized carbons (Fsp3) is 0.250. The first-order valence-electron chi connectivity index (χ1n) is 4.09. The van der Waals surface area contributed by atoms with Gasteiger partial charge in [-0.15, -0.1) is 0 Å². The van der Waals surface area contributed by atoms with Gasteiger partial charge < -0.3 is 5.73 Å². The van der Waals surface area contributed by atoms with Gasteiger partial charge in [-0.2, -0.15) is 8.78 Å². The second-order valence-electron chi connectivity index (χ2n) is 3.12. The van der Waals surface area contributed by atoms with Crippen molar-refractivity contribution < 1.29 is 17.2 Å². The van der Waals surface area contributed by atoms with E-state index in [0.717, 1.165) is 5.56 Å². The lowest BCUT2D eigenvalue weighted by Gasteiger charge is -2.12. The molecule has 0 heterocycles. The molecular weight excluding hydrogens is 306 g/mol. The summed E-state index contributed by atoms with van der Waals surface area (Å²) in [5.41, 5.74) is 6.31. The maximum Gasteiger partial charge on any atom is 0.355 e. The molecule has 0 aromatic heterocycles. The minimum absolute atomic E-state index is 0.0779. The van der Waals surface area contributed by atoms with Crippen LogP contribution >= 0.6 is 15.9 Å². The molecule has 1 aromatic rings. The highest BCUT2D eigenvalue weighted by molar-refractivity contribution is 9.10. The number of rotatable bonds is 3. The van der Waals surface area contributed by atoms with Crippen LogP contribution in [0.5, 0.6) is 0 Å². The van der Waals surface area contributed by atoms with Crippen LogP contribution in [0.4, 0.5) is 20.2 Å². The fourth-order valence-electron chi connectivity index (χ4n) is 1.06. The van der Waals surface area contributed by atoms with Crippen molar-refractivity contribution in [1.29, 1.82) is 0 Å². The van der Waals surface area contributed by atoms with Gasteiger partial charge in [0, 0.05) is 4.47 Å². The summed E-state index contributed by atoms with van der Waals surface area (Å²) in [6, 6.07) is 3.05. The largest absolute Gasteiger partial charge is 0.397 e. The molecule has 0 fully saturated rings. The maximum absolute atomic E-state index is 12.1. The molecule has 0 unspecified atom stereocenters. The number of alkyl halides is 2. The monoisotopic (exact) mass is 314 g/mol. The average Bonchev–Trinajstić information content (AvgIpc) is 2.11. The summed E-state index contributed by atoms with van der Waals surface area (Å²) in [5, 5.41) is 0. The highest BCUT2D eigenvalue weighted by atomic mass is 79.9. The molecular formula is C8H9BrF2N2O2S. The zero-order chi connectivity index (χ0) is 12.5. The molecule has 0 saturated carbocycles. The lowest BCUT2D eigenvalue weighted by atomic mass is 10.2. The van der Waals surface area contributed by atoms with Crippen molar-refractivity contribution in [1.82, 2.24) is 0 Å². The molecule has 0 radical (unpaired) electrons. The number of nitrogen functional groups attached to an aromatic ring is 1. The van der Waals surface area contributed by atoms with Crippen molar-refractivity contribution in [2.45, 2.75) is 12.7 Å². The Morgan fingerprint density at radius 1 is 1.44 bits per heavy atom. The smallest absolute Gasteiger partial charge is 0.355 e. The van der Waals surface area contributed by atoms with E-state index < -0.39 is 15.8 Å². The summed E-state index contributed by atoms with van der Waals surface area (Å²) in [6.45, 7) is 1.74. The van der Waals surface area contributed by atoms with Crippen molar-refractivity contribution in [3.8, 4) is 0 Å². The summed E-state index contributed by atoms with van der Waals surface area (Å²) in [4.78, 5) is 0. The SMILES string of the molecule is Cc1cc(N)c(NS(=O)(=O)C(F)F)c(Br)c1. The maximum atomic E-state index is 12.1. The van der Waals surface area contributed by atoms with E-state index >= 15 is 0 Å². The molecule has 3 N–H and O–H groups in total. The molecule has 8 heteroatoms. The molecule has 0 aliphatic rings. The summed E-state index contributed by atoms with van der Waals surface area (Å²) < 4.78 is 48.2. The van der Waals surface area contributed by atoms with E-state index in [9.17, 15) is 17.2 Å². The third-order valence-electron chi connectivity index (χ3n) is 1.74. The second-order valence-corrected chi connectivity index (χ2v) is 5.62. The number of benzene rings is 1. The minimum atomic E-state index is -4.70. The van der Waals surface area contributed by atoms with Gasteiger partial charge in [0.25, 0.3) is 10.0 Å². The van der Waals surface area contributed by atoms with Crippen LogP contribution in [0.3, 0.4) is 0 Å². The molecule has 4 nitrogen and oxygen atoms in total. The standard InChI is InChI=1S/C8H9BrF2N2O2S/c1-4-2-5(9)7(6(12)3-4)13-16(14,15)8(10)11/h2-3,8,13H,12H2,1H3. The Labute approximate surface area is 100 Å². The zero-order valence-corrected chi connectivity index (χ0v) is 10.6. The molecule has 0 atom stereocenters. The summed E-state index contributed by atoms with van der Waals surface area (Å²) in [7, 11) is -4.70. The Bertz CT molecular complexity index is 482. The summed E-state index contributed by atoms with van der Waals surface area (Å²) in [6.07, 6.45) is 0. The first-order chi connectivity index (χ1) is 7.24. The van der Waals surface area contributed by atoms with Crippen LogP contribution in [0.15, 0.2) is 16.6 Å². The number of nitrogens with two attached hydrogens (primary N) is 1. The van der Waals surface area contributed by atoms with Gasteiger partial charge in [-0.1, -0.05) is 0 Å². The van der Waals surface area contributed by atoms with E-state index in [-0.39, 0.29) is 11.4 Å². The Kier molecular flexibility index (Phi) is 3.74. The predicted octanol–water partition coefficient (Wildman–Crippen LogP) is 2.30. The highest BCUT2D eigenvalue weighted by Gasteiger charge is 2.25. The van der Waals surface area contributed by atoms with E-state index in [0.29, 0.717) is 4.47 Å². The molecule has 0 saturated heterocycles. The van der Waals surface area contributed by atoms with E-state index in [2.05, 4.69) is 15.9 Å². The number of sulfonamides is 1. The molecule has 1 rings (SSSR count). The van der Waals surface area contributed by atoms with Gasteiger partial charge in [0.1, 0.15) is 0 Å². The molecule has 0 amide bonds. The third-order valence-corrected chi connectivity index (χ3v) is 3.33. The van der Waals surface area contributed by atoms with Crippen molar-refractivity contribution >= 4 is 37.3 Å². The minimum Gasteiger partial charge on any atom is -0.397 e. The Balaban J connectivity index is 3.17. The number of hydrogen-bond donors (Lipinski definition) is 2. The van der Waals surface area contributed by atoms with E-state index in [1.54, 1.807) is 17.7 Å². The van der Waals surface area contributed by atoms with Gasteiger partial charge in [-0.25, -0.2) is 8.42 Å². The van der Waals surface area contributed by atoms with Crippen molar-refractivity contribution in [3.05, 3.63) is 22.2 Å². The number of nitrogens with one attached hydrogen (secondary N) is 1.